The molecule has 262 valence electrons. The summed E-state index contributed by atoms with van der Waals surface area (Å²) < 4.78 is 42.4. The number of hydrogen-bond donors (Lipinski definition) is 2. The lowest BCUT2D eigenvalue weighted by atomic mass is 9.87. The molecule has 2 N–H and O–H groups in total. The number of benzene rings is 4. The van der Waals surface area contributed by atoms with Crippen LogP contribution in [0.5, 0.6) is 57.5 Å². The van der Waals surface area contributed by atoms with Gasteiger partial charge >= 0.3 is 0 Å². The number of aromatic hydroxyl groups is 2. The molecule has 14 nitrogen and oxygen atoms in total. The number of ketones is 4. The van der Waals surface area contributed by atoms with E-state index in [1.54, 1.807) is 0 Å². The van der Waals surface area contributed by atoms with Gasteiger partial charge in [0.2, 0.25) is 34.6 Å². The number of hydrogen-bond acceptors (Lipinski definition) is 14. The van der Waals surface area contributed by atoms with Crippen LogP contribution in [-0.2, 0) is 0 Å². The zero-order chi connectivity index (χ0) is 36.9. The molecule has 0 fully saturated rings. The highest BCUT2D eigenvalue weighted by Crippen LogP contribution is 2.43. The molecule has 0 radical (unpaired) electrons. The van der Waals surface area contributed by atoms with Crippen molar-refractivity contribution in [2.24, 2.45) is 0 Å². The number of carbonyl (C=O) groups is 4. The zero-order valence-electron chi connectivity index (χ0n) is 28.4. The predicted octanol–water partition coefficient (Wildman–Crippen LogP) is 4.96. The molecule has 14 heteroatoms. The van der Waals surface area contributed by atoms with Crippen molar-refractivity contribution in [1.29, 1.82) is 0 Å². The summed E-state index contributed by atoms with van der Waals surface area (Å²) in [5.74, 6) is -4.89. The number of methoxy groups -OCH3 is 8. The number of ether oxygens (including phenoxy) is 8. The smallest absolute Gasteiger partial charge is 0.234 e. The van der Waals surface area contributed by atoms with E-state index in [9.17, 15) is 29.4 Å². The molecule has 0 atom stereocenters. The van der Waals surface area contributed by atoms with Gasteiger partial charge in [0.15, 0.2) is 46.0 Å². The van der Waals surface area contributed by atoms with Crippen molar-refractivity contribution < 1.29 is 67.3 Å². The van der Waals surface area contributed by atoms with E-state index in [1.807, 2.05) is 0 Å². The molecule has 0 aliphatic carbocycles. The van der Waals surface area contributed by atoms with Crippen LogP contribution < -0.4 is 37.9 Å². The van der Waals surface area contributed by atoms with E-state index < -0.39 is 34.6 Å². The van der Waals surface area contributed by atoms with Gasteiger partial charge in [0, 0.05) is 22.3 Å². The highest BCUT2D eigenvalue weighted by atomic mass is 16.5. The third-order valence-corrected chi connectivity index (χ3v) is 7.68. The van der Waals surface area contributed by atoms with E-state index in [1.165, 1.54) is 81.1 Å². The maximum Gasteiger partial charge on any atom is 0.234 e. The van der Waals surface area contributed by atoms with Crippen LogP contribution >= 0.6 is 0 Å². The number of phenolic OH excluding ortho intramolecular Hbond substituents is 2. The summed E-state index contributed by atoms with van der Waals surface area (Å²) in [4.78, 5) is 55.6. The van der Waals surface area contributed by atoms with Crippen LogP contribution in [0, 0.1) is 0 Å². The molecule has 0 saturated heterocycles. The first-order chi connectivity index (χ1) is 23.9. The van der Waals surface area contributed by atoms with Crippen molar-refractivity contribution in [3.05, 3.63) is 70.8 Å². The Bertz CT molecular complexity index is 1800. The Kier molecular flexibility index (Phi) is 11.1. The summed E-state index contributed by atoms with van der Waals surface area (Å²) in [6.07, 6.45) is 0. The van der Waals surface area contributed by atoms with E-state index in [0.29, 0.717) is 0 Å². The van der Waals surface area contributed by atoms with Crippen molar-refractivity contribution in [3.63, 3.8) is 0 Å². The predicted molar refractivity (Wildman–Crippen MR) is 178 cm³/mol. The third kappa shape index (κ3) is 6.63. The van der Waals surface area contributed by atoms with E-state index in [-0.39, 0.29) is 79.4 Å². The first-order valence-corrected chi connectivity index (χ1v) is 14.5. The Hall–Kier alpha value is -6.44. The van der Waals surface area contributed by atoms with Crippen LogP contribution in [0.2, 0.25) is 0 Å². The molecule has 0 aliphatic heterocycles. The fourth-order valence-electron chi connectivity index (χ4n) is 5.22. The Labute approximate surface area is 286 Å². The summed E-state index contributed by atoms with van der Waals surface area (Å²) >= 11 is 0. The molecule has 4 rings (SSSR count). The number of phenols is 2. The summed E-state index contributed by atoms with van der Waals surface area (Å²) in [6.45, 7) is 0. The molecule has 4 aromatic carbocycles. The van der Waals surface area contributed by atoms with E-state index in [2.05, 4.69) is 0 Å². The van der Waals surface area contributed by atoms with Gasteiger partial charge in [-0.25, -0.2) is 0 Å². The number of rotatable bonds is 15. The standard InChI is InChI=1S/C36H34O14/c1-43-25-15-21(33(41)31(39)17-9-27(45-3)35(49-7)28(10-17)46-4)19(13-23(25)37)20-14-24(38)26(44-2)16-22(20)34(42)32(40)18-11-29(47-5)36(50-8)30(12-18)48-6/h9-16,37-38H,1-8H3. The fourth-order valence-corrected chi connectivity index (χ4v) is 5.22. The summed E-state index contributed by atoms with van der Waals surface area (Å²) in [7, 11) is 10.6. The Balaban J connectivity index is 1.95. The lowest BCUT2D eigenvalue weighted by molar-refractivity contribution is 0.0815. The fraction of sp³-hybridized carbons (Fsp3) is 0.222. The molecule has 0 saturated carbocycles. The van der Waals surface area contributed by atoms with E-state index in [4.69, 9.17) is 37.9 Å². The highest BCUT2D eigenvalue weighted by Gasteiger charge is 2.31. The van der Waals surface area contributed by atoms with Crippen molar-refractivity contribution >= 4 is 23.1 Å². The Morgan fingerprint density at radius 1 is 0.380 bits per heavy atom. The molecule has 0 spiro atoms. The van der Waals surface area contributed by atoms with Gasteiger partial charge in [-0.3, -0.25) is 19.2 Å². The maximum atomic E-state index is 14.0. The van der Waals surface area contributed by atoms with Crippen molar-refractivity contribution in [2.75, 3.05) is 56.9 Å². The Morgan fingerprint density at radius 3 is 0.900 bits per heavy atom. The second-order valence-corrected chi connectivity index (χ2v) is 10.3. The lowest BCUT2D eigenvalue weighted by Gasteiger charge is -2.18. The molecular formula is C36H34O14. The second kappa shape index (κ2) is 15.2. The third-order valence-electron chi connectivity index (χ3n) is 7.68. The van der Waals surface area contributed by atoms with Crippen molar-refractivity contribution in [3.8, 4) is 68.6 Å². The average molecular weight is 691 g/mol. The van der Waals surface area contributed by atoms with E-state index >= 15 is 0 Å². The van der Waals surface area contributed by atoms with Crippen molar-refractivity contribution in [1.82, 2.24) is 0 Å². The lowest BCUT2D eigenvalue weighted by Crippen LogP contribution is -2.18. The molecule has 0 unspecified atom stereocenters. The first-order valence-electron chi connectivity index (χ1n) is 14.5. The second-order valence-electron chi connectivity index (χ2n) is 10.3. The first kappa shape index (κ1) is 36.4. The minimum absolute atomic E-state index is 0.102. The molecule has 50 heavy (non-hydrogen) atoms. The highest BCUT2D eigenvalue weighted by molar-refractivity contribution is 6.52. The van der Waals surface area contributed by atoms with Crippen LogP contribution in [0.15, 0.2) is 48.5 Å². The molecule has 0 heterocycles. The normalized spacial score (nSPS) is 10.5. The van der Waals surface area contributed by atoms with Crippen molar-refractivity contribution in [2.45, 2.75) is 0 Å². The van der Waals surface area contributed by atoms with Gasteiger partial charge in [-0.05, 0) is 59.7 Å². The summed E-state index contributed by atoms with van der Waals surface area (Å²) in [5.41, 5.74) is -1.39. The summed E-state index contributed by atoms with van der Waals surface area (Å²) in [6, 6.07) is 9.45. The van der Waals surface area contributed by atoms with Gasteiger partial charge in [0.25, 0.3) is 0 Å². The molecular weight excluding hydrogens is 656 g/mol. The zero-order valence-corrected chi connectivity index (χ0v) is 28.4. The van der Waals surface area contributed by atoms with Gasteiger partial charge in [-0.2, -0.15) is 0 Å². The number of Topliss-reactive ketones (excluding diaryl/α,β-unsaturated/α-hetero) is 4. The largest absolute Gasteiger partial charge is 0.504 e. The molecule has 0 aromatic heterocycles. The van der Waals surface area contributed by atoms with Crippen LogP contribution in [0.25, 0.3) is 11.1 Å². The van der Waals surface area contributed by atoms with Crippen LogP contribution in [-0.4, -0.2) is 90.2 Å². The Morgan fingerprint density at radius 2 is 0.660 bits per heavy atom. The summed E-state index contributed by atoms with van der Waals surface area (Å²) in [5, 5.41) is 21.6. The monoisotopic (exact) mass is 690 g/mol. The molecule has 4 aromatic rings. The van der Waals surface area contributed by atoms with Gasteiger partial charge in [-0.15, -0.1) is 0 Å². The minimum atomic E-state index is -1.11. The molecule has 0 bridgehead atoms. The molecule has 0 aliphatic rings. The van der Waals surface area contributed by atoms with Gasteiger partial charge < -0.3 is 48.1 Å². The quantitative estimate of drug-likeness (QED) is 0.126. The van der Waals surface area contributed by atoms with Crippen LogP contribution in [0.4, 0.5) is 0 Å². The van der Waals surface area contributed by atoms with Gasteiger partial charge in [-0.1, -0.05) is 0 Å². The van der Waals surface area contributed by atoms with Gasteiger partial charge in [0.05, 0.1) is 56.9 Å². The number of carbonyl (C=O) groups excluding carboxylic acids is 4. The minimum Gasteiger partial charge on any atom is -0.504 e. The van der Waals surface area contributed by atoms with Gasteiger partial charge in [0.1, 0.15) is 0 Å². The van der Waals surface area contributed by atoms with Crippen LogP contribution in [0.1, 0.15) is 41.4 Å². The molecule has 0 amide bonds. The topological polar surface area (TPSA) is 183 Å². The van der Waals surface area contributed by atoms with Crippen LogP contribution in [0.3, 0.4) is 0 Å². The van der Waals surface area contributed by atoms with E-state index in [0.717, 1.165) is 24.3 Å². The maximum absolute atomic E-state index is 14.0. The SMILES string of the molecule is COc1cc(C(=O)C(=O)c2cc(OC)c(OC)c(OC)c2)c(-c2cc(O)c(OC)cc2C(=O)C(=O)c2cc(OC)c(OC)c(OC)c2)cc1O. The average Bonchev–Trinajstić information content (AvgIpc) is 3.14.